The molecular weight excluding hydrogens is 371 g/mol. The normalized spacial score (nSPS) is 11.8. The first-order valence-corrected chi connectivity index (χ1v) is 8.96. The molecule has 2 aromatic carbocycles. The van der Waals surface area contributed by atoms with Crippen LogP contribution in [0.1, 0.15) is 25.0 Å². The molecular formula is C20H20F3N3S. The number of thiocarbonyl (C=S) groups is 1. The lowest BCUT2D eigenvalue weighted by Crippen LogP contribution is -2.39. The van der Waals surface area contributed by atoms with Gasteiger partial charge in [-0.1, -0.05) is 24.3 Å². The standard InChI is InChI=1S/C20H20F3N3S/c1-13(2)26(12-14-11-24-18-9-4-3-8-17(14)18)19(27)25-16-7-5-6-15(10-16)20(21,22)23/h3-11,13,24H,12H2,1-2H3,(H,25,27). The van der Waals surface area contributed by atoms with E-state index in [-0.39, 0.29) is 6.04 Å². The van der Waals surface area contributed by atoms with E-state index in [9.17, 15) is 13.2 Å². The maximum Gasteiger partial charge on any atom is 0.416 e. The molecule has 7 heteroatoms. The van der Waals surface area contributed by atoms with Crippen LogP contribution in [0.15, 0.2) is 54.7 Å². The van der Waals surface area contributed by atoms with Crippen LogP contribution in [0.4, 0.5) is 18.9 Å². The minimum Gasteiger partial charge on any atom is -0.361 e. The molecule has 0 amide bonds. The molecule has 27 heavy (non-hydrogen) atoms. The van der Waals surface area contributed by atoms with Gasteiger partial charge in [-0.3, -0.25) is 0 Å². The van der Waals surface area contributed by atoms with Crippen molar-refractivity contribution in [3.05, 3.63) is 65.9 Å². The number of rotatable bonds is 4. The molecule has 0 saturated carbocycles. The first-order chi connectivity index (χ1) is 12.8. The Morgan fingerprint density at radius 2 is 1.89 bits per heavy atom. The molecule has 2 N–H and O–H groups in total. The highest BCUT2D eigenvalue weighted by Gasteiger charge is 2.30. The van der Waals surface area contributed by atoms with Gasteiger partial charge in [0.05, 0.1) is 5.56 Å². The van der Waals surface area contributed by atoms with Gasteiger partial charge in [-0.2, -0.15) is 13.2 Å². The Labute approximate surface area is 161 Å². The van der Waals surface area contributed by atoms with Crippen molar-refractivity contribution in [3.63, 3.8) is 0 Å². The molecule has 0 unspecified atom stereocenters. The van der Waals surface area contributed by atoms with Crippen LogP contribution in [-0.4, -0.2) is 21.0 Å². The summed E-state index contributed by atoms with van der Waals surface area (Å²) < 4.78 is 38.8. The Hall–Kier alpha value is -2.54. The molecule has 0 radical (unpaired) electrons. The van der Waals surface area contributed by atoms with Crippen molar-refractivity contribution >= 4 is 33.9 Å². The van der Waals surface area contributed by atoms with Gasteiger partial charge < -0.3 is 15.2 Å². The first-order valence-electron chi connectivity index (χ1n) is 8.55. The molecule has 0 spiro atoms. The van der Waals surface area contributed by atoms with Crippen LogP contribution in [0, 0.1) is 0 Å². The lowest BCUT2D eigenvalue weighted by atomic mass is 10.1. The van der Waals surface area contributed by atoms with E-state index in [1.807, 2.05) is 49.2 Å². The van der Waals surface area contributed by atoms with Crippen molar-refractivity contribution in [2.24, 2.45) is 0 Å². The summed E-state index contributed by atoms with van der Waals surface area (Å²) in [6, 6.07) is 13.1. The molecule has 0 atom stereocenters. The van der Waals surface area contributed by atoms with Crippen molar-refractivity contribution in [1.82, 2.24) is 9.88 Å². The van der Waals surface area contributed by atoms with Gasteiger partial charge in [0.1, 0.15) is 0 Å². The van der Waals surface area contributed by atoms with Crippen LogP contribution >= 0.6 is 12.2 Å². The number of benzene rings is 2. The van der Waals surface area contributed by atoms with E-state index in [4.69, 9.17) is 12.2 Å². The average Bonchev–Trinajstić information content (AvgIpc) is 3.02. The zero-order chi connectivity index (χ0) is 19.6. The number of halogens is 3. The highest BCUT2D eigenvalue weighted by atomic mass is 32.1. The molecule has 0 aliphatic heterocycles. The van der Waals surface area contributed by atoms with Crippen LogP contribution in [0.3, 0.4) is 0 Å². The van der Waals surface area contributed by atoms with E-state index in [1.54, 1.807) is 6.07 Å². The minimum atomic E-state index is -4.39. The van der Waals surface area contributed by atoms with Crippen molar-refractivity contribution < 1.29 is 13.2 Å². The predicted octanol–water partition coefficient (Wildman–Crippen LogP) is 5.79. The summed E-state index contributed by atoms with van der Waals surface area (Å²) in [5.74, 6) is 0. The minimum absolute atomic E-state index is 0.0736. The maximum atomic E-state index is 12.9. The largest absolute Gasteiger partial charge is 0.416 e. The van der Waals surface area contributed by atoms with Crippen LogP contribution < -0.4 is 5.32 Å². The molecule has 0 saturated heterocycles. The molecule has 0 aliphatic rings. The summed E-state index contributed by atoms with van der Waals surface area (Å²) >= 11 is 5.49. The third-order valence-corrected chi connectivity index (χ3v) is 4.68. The van der Waals surface area contributed by atoms with E-state index in [0.29, 0.717) is 17.3 Å². The maximum absolute atomic E-state index is 12.9. The van der Waals surface area contributed by atoms with E-state index < -0.39 is 11.7 Å². The second-order valence-electron chi connectivity index (χ2n) is 6.59. The Kier molecular flexibility index (Phi) is 5.41. The molecule has 0 aliphatic carbocycles. The SMILES string of the molecule is CC(C)N(Cc1c[nH]c2ccccc12)C(=S)Nc1cccc(C(F)(F)F)c1. The first kappa shape index (κ1) is 19.2. The van der Waals surface area contributed by atoms with Gasteiger partial charge in [0.25, 0.3) is 0 Å². The number of nitrogens with zero attached hydrogens (tertiary/aromatic N) is 1. The summed E-state index contributed by atoms with van der Waals surface area (Å²) in [6.07, 6.45) is -2.45. The number of nitrogens with one attached hydrogen (secondary N) is 2. The van der Waals surface area contributed by atoms with Gasteiger partial charge in [0.2, 0.25) is 0 Å². The number of para-hydroxylation sites is 1. The lowest BCUT2D eigenvalue weighted by Gasteiger charge is -2.29. The lowest BCUT2D eigenvalue weighted by molar-refractivity contribution is -0.137. The van der Waals surface area contributed by atoms with Crippen LogP contribution in [0.5, 0.6) is 0 Å². The van der Waals surface area contributed by atoms with Gasteiger partial charge in [-0.15, -0.1) is 0 Å². The van der Waals surface area contributed by atoms with Crippen molar-refractivity contribution in [2.45, 2.75) is 32.6 Å². The molecule has 142 valence electrons. The molecule has 0 bridgehead atoms. The number of aromatic nitrogens is 1. The summed E-state index contributed by atoms with van der Waals surface area (Å²) in [5.41, 5.74) is 1.72. The van der Waals surface area contributed by atoms with E-state index >= 15 is 0 Å². The Morgan fingerprint density at radius 3 is 2.59 bits per heavy atom. The summed E-state index contributed by atoms with van der Waals surface area (Å²) in [7, 11) is 0. The number of H-pyrrole nitrogens is 1. The fourth-order valence-electron chi connectivity index (χ4n) is 2.90. The highest BCUT2D eigenvalue weighted by molar-refractivity contribution is 7.80. The van der Waals surface area contributed by atoms with Crippen molar-refractivity contribution in [3.8, 4) is 0 Å². The van der Waals surface area contributed by atoms with Crippen LogP contribution in [0.2, 0.25) is 0 Å². The molecule has 3 aromatic rings. The number of fused-ring (bicyclic) bond motifs is 1. The number of hydrogen-bond acceptors (Lipinski definition) is 1. The fourth-order valence-corrected chi connectivity index (χ4v) is 3.30. The van der Waals surface area contributed by atoms with Gasteiger partial charge >= 0.3 is 6.18 Å². The van der Waals surface area contributed by atoms with E-state index in [0.717, 1.165) is 28.6 Å². The van der Waals surface area contributed by atoms with Gasteiger partial charge in [-0.05, 0) is 55.9 Å². The van der Waals surface area contributed by atoms with Crippen molar-refractivity contribution in [1.29, 1.82) is 0 Å². The molecule has 3 rings (SSSR count). The quantitative estimate of drug-likeness (QED) is 0.552. The Bertz CT molecular complexity index is 947. The average molecular weight is 391 g/mol. The highest BCUT2D eigenvalue weighted by Crippen LogP contribution is 2.31. The number of alkyl halides is 3. The summed E-state index contributed by atoms with van der Waals surface area (Å²) in [6.45, 7) is 4.54. The molecule has 3 nitrogen and oxygen atoms in total. The second kappa shape index (κ2) is 7.60. The predicted molar refractivity (Wildman–Crippen MR) is 107 cm³/mol. The number of hydrogen-bond donors (Lipinski definition) is 2. The van der Waals surface area contributed by atoms with Crippen molar-refractivity contribution in [2.75, 3.05) is 5.32 Å². The van der Waals surface area contributed by atoms with E-state index in [1.165, 1.54) is 6.07 Å². The van der Waals surface area contributed by atoms with E-state index in [2.05, 4.69) is 10.3 Å². The van der Waals surface area contributed by atoms with Gasteiger partial charge in [0, 0.05) is 35.4 Å². The van der Waals surface area contributed by atoms with Gasteiger partial charge in [0.15, 0.2) is 5.11 Å². The molecule has 1 heterocycles. The second-order valence-corrected chi connectivity index (χ2v) is 6.98. The van der Waals surface area contributed by atoms with Crippen LogP contribution in [-0.2, 0) is 12.7 Å². The third kappa shape index (κ3) is 4.42. The van der Waals surface area contributed by atoms with Gasteiger partial charge in [-0.25, -0.2) is 0 Å². The van der Waals surface area contributed by atoms with Crippen LogP contribution in [0.25, 0.3) is 10.9 Å². The smallest absolute Gasteiger partial charge is 0.361 e. The Balaban J connectivity index is 1.80. The molecule has 0 fully saturated rings. The summed E-state index contributed by atoms with van der Waals surface area (Å²) in [4.78, 5) is 5.18. The summed E-state index contributed by atoms with van der Waals surface area (Å²) in [5, 5.41) is 4.43. The zero-order valence-electron chi connectivity index (χ0n) is 15.0. The number of aromatic amines is 1. The number of anilines is 1. The monoisotopic (exact) mass is 391 g/mol. The third-order valence-electron chi connectivity index (χ3n) is 4.34. The Morgan fingerprint density at radius 1 is 1.15 bits per heavy atom. The zero-order valence-corrected chi connectivity index (χ0v) is 15.8. The topological polar surface area (TPSA) is 31.1 Å². The molecule has 1 aromatic heterocycles. The fraction of sp³-hybridized carbons (Fsp3) is 0.250.